The quantitative estimate of drug-likeness (QED) is 0.844. The van der Waals surface area contributed by atoms with Gasteiger partial charge in [0.15, 0.2) is 0 Å². The molecule has 14 heavy (non-hydrogen) atoms. The largest absolute Gasteiger partial charge is 0.491 e. The van der Waals surface area contributed by atoms with Crippen LogP contribution in [0.3, 0.4) is 0 Å². The van der Waals surface area contributed by atoms with Crippen molar-refractivity contribution in [1.29, 1.82) is 0 Å². The van der Waals surface area contributed by atoms with Gasteiger partial charge in [0.25, 0.3) is 0 Å². The minimum Gasteiger partial charge on any atom is -0.491 e. The Bertz CT molecular complexity index is 267. The molecule has 1 N–H and O–H groups in total. The van der Waals surface area contributed by atoms with Crippen molar-refractivity contribution in [1.82, 2.24) is 0 Å². The van der Waals surface area contributed by atoms with Crippen LogP contribution < -0.4 is 4.74 Å². The van der Waals surface area contributed by atoms with Gasteiger partial charge < -0.3 is 9.84 Å². The summed E-state index contributed by atoms with van der Waals surface area (Å²) < 4.78 is 5.35. The second-order valence-corrected chi connectivity index (χ2v) is 3.95. The van der Waals surface area contributed by atoms with Crippen molar-refractivity contribution in [3.8, 4) is 5.75 Å². The smallest absolute Gasteiger partial charge is 0.120 e. The molecule has 0 spiro atoms. The molecule has 1 aromatic carbocycles. The maximum atomic E-state index is 8.64. The Morgan fingerprint density at radius 2 is 1.64 bits per heavy atom. The SMILES string of the molecule is OCCOc1cc(CBr)cc(CBr)c1. The van der Waals surface area contributed by atoms with Crippen molar-refractivity contribution in [3.63, 3.8) is 0 Å². The number of benzene rings is 1. The molecule has 0 bridgehead atoms. The molecule has 0 fully saturated rings. The molecule has 0 unspecified atom stereocenters. The maximum absolute atomic E-state index is 8.64. The molecule has 2 nitrogen and oxygen atoms in total. The summed E-state index contributed by atoms with van der Waals surface area (Å²) >= 11 is 6.81. The van der Waals surface area contributed by atoms with E-state index < -0.39 is 0 Å². The molecule has 0 heterocycles. The second kappa shape index (κ2) is 6.43. The van der Waals surface area contributed by atoms with Crippen LogP contribution in [0.2, 0.25) is 0 Å². The van der Waals surface area contributed by atoms with E-state index in [1.807, 2.05) is 12.1 Å². The van der Waals surface area contributed by atoms with E-state index in [1.165, 1.54) is 11.1 Å². The van der Waals surface area contributed by atoms with Gasteiger partial charge in [-0.05, 0) is 23.3 Å². The van der Waals surface area contributed by atoms with E-state index >= 15 is 0 Å². The molecule has 4 heteroatoms. The van der Waals surface area contributed by atoms with E-state index in [0.29, 0.717) is 6.61 Å². The van der Waals surface area contributed by atoms with Crippen molar-refractivity contribution in [2.45, 2.75) is 10.7 Å². The van der Waals surface area contributed by atoms with E-state index in [2.05, 4.69) is 37.9 Å². The molecule has 1 aromatic rings. The molecule has 1 rings (SSSR count). The summed E-state index contributed by atoms with van der Waals surface area (Å²) in [4.78, 5) is 0. The predicted octanol–water partition coefficient (Wildman–Crippen LogP) is 2.85. The van der Waals surface area contributed by atoms with Crippen molar-refractivity contribution >= 4 is 31.9 Å². The molecular formula is C10H12Br2O2. The van der Waals surface area contributed by atoms with Gasteiger partial charge in [0.05, 0.1) is 6.61 Å². The van der Waals surface area contributed by atoms with Gasteiger partial charge in [0.1, 0.15) is 12.4 Å². The normalized spacial score (nSPS) is 10.2. The van der Waals surface area contributed by atoms with Crippen LogP contribution in [0.15, 0.2) is 18.2 Å². The molecule has 0 saturated heterocycles. The lowest BCUT2D eigenvalue weighted by atomic mass is 10.1. The van der Waals surface area contributed by atoms with Gasteiger partial charge >= 0.3 is 0 Å². The number of alkyl halides is 2. The van der Waals surface area contributed by atoms with Gasteiger partial charge in [0, 0.05) is 10.7 Å². The monoisotopic (exact) mass is 322 g/mol. The van der Waals surface area contributed by atoms with E-state index in [0.717, 1.165) is 16.4 Å². The van der Waals surface area contributed by atoms with Crippen LogP contribution in [0.5, 0.6) is 5.75 Å². The molecule has 0 aliphatic carbocycles. The first-order chi connectivity index (χ1) is 6.80. The number of halogens is 2. The van der Waals surface area contributed by atoms with Crippen LogP contribution in [0.25, 0.3) is 0 Å². The topological polar surface area (TPSA) is 29.5 Å². The fraction of sp³-hybridized carbons (Fsp3) is 0.400. The average Bonchev–Trinajstić information content (AvgIpc) is 2.25. The maximum Gasteiger partial charge on any atom is 0.120 e. The third-order valence-electron chi connectivity index (χ3n) is 1.69. The van der Waals surface area contributed by atoms with Crippen LogP contribution in [0, 0.1) is 0 Å². The minimum absolute atomic E-state index is 0.0438. The van der Waals surface area contributed by atoms with Crippen molar-refractivity contribution in [2.75, 3.05) is 13.2 Å². The highest BCUT2D eigenvalue weighted by Gasteiger charge is 2.00. The molecule has 0 aliphatic rings. The van der Waals surface area contributed by atoms with E-state index in [-0.39, 0.29) is 6.61 Å². The number of rotatable bonds is 5. The van der Waals surface area contributed by atoms with Crippen LogP contribution in [-0.2, 0) is 10.7 Å². The van der Waals surface area contributed by atoms with Gasteiger partial charge in [-0.15, -0.1) is 0 Å². The Hall–Kier alpha value is -0.0600. The molecular weight excluding hydrogens is 312 g/mol. The van der Waals surface area contributed by atoms with Crippen LogP contribution in [0.1, 0.15) is 11.1 Å². The van der Waals surface area contributed by atoms with Crippen LogP contribution in [-0.4, -0.2) is 18.3 Å². The minimum atomic E-state index is 0.0438. The zero-order valence-electron chi connectivity index (χ0n) is 7.67. The highest BCUT2D eigenvalue weighted by molar-refractivity contribution is 9.08. The Morgan fingerprint density at radius 1 is 1.07 bits per heavy atom. The number of aliphatic hydroxyl groups is 1. The lowest BCUT2D eigenvalue weighted by Crippen LogP contribution is -2.02. The fourth-order valence-corrected chi connectivity index (χ4v) is 1.78. The third-order valence-corrected chi connectivity index (χ3v) is 2.99. The molecule has 0 atom stereocenters. The van der Waals surface area contributed by atoms with Crippen LogP contribution in [0.4, 0.5) is 0 Å². The highest BCUT2D eigenvalue weighted by atomic mass is 79.9. The summed E-state index contributed by atoms with van der Waals surface area (Å²) in [5.74, 6) is 0.811. The summed E-state index contributed by atoms with van der Waals surface area (Å²) in [5, 5.41) is 10.3. The predicted molar refractivity (Wildman–Crippen MR) is 64.3 cm³/mol. The molecule has 0 amide bonds. The van der Waals surface area contributed by atoms with Crippen LogP contribution >= 0.6 is 31.9 Å². The number of aliphatic hydroxyl groups excluding tert-OH is 1. The van der Waals surface area contributed by atoms with E-state index in [4.69, 9.17) is 9.84 Å². The summed E-state index contributed by atoms with van der Waals surface area (Å²) in [6.07, 6.45) is 0. The van der Waals surface area contributed by atoms with Gasteiger partial charge in [-0.1, -0.05) is 37.9 Å². The lowest BCUT2D eigenvalue weighted by molar-refractivity contribution is 0.201. The van der Waals surface area contributed by atoms with Crippen molar-refractivity contribution < 1.29 is 9.84 Å². The number of hydrogen-bond donors (Lipinski definition) is 1. The third kappa shape index (κ3) is 3.59. The zero-order chi connectivity index (χ0) is 10.4. The standard InChI is InChI=1S/C10H12Br2O2/c11-6-8-3-9(7-12)5-10(4-8)14-2-1-13/h3-5,13H,1-2,6-7H2. The summed E-state index contributed by atoms with van der Waals surface area (Å²) in [7, 11) is 0. The number of ether oxygens (including phenoxy) is 1. The van der Waals surface area contributed by atoms with E-state index in [9.17, 15) is 0 Å². The first kappa shape index (κ1) is 12.0. The summed E-state index contributed by atoms with van der Waals surface area (Å²) in [5.41, 5.74) is 2.35. The van der Waals surface area contributed by atoms with Gasteiger partial charge in [0.2, 0.25) is 0 Å². The zero-order valence-corrected chi connectivity index (χ0v) is 10.8. The fourth-order valence-electron chi connectivity index (χ4n) is 1.13. The van der Waals surface area contributed by atoms with Crippen molar-refractivity contribution in [2.24, 2.45) is 0 Å². The Labute approximate surface area is 101 Å². The molecule has 0 radical (unpaired) electrons. The Kier molecular flexibility index (Phi) is 5.52. The molecule has 0 aliphatic heterocycles. The van der Waals surface area contributed by atoms with Crippen molar-refractivity contribution in [3.05, 3.63) is 29.3 Å². The van der Waals surface area contributed by atoms with Gasteiger partial charge in [-0.2, -0.15) is 0 Å². The average molecular weight is 324 g/mol. The molecule has 0 aromatic heterocycles. The summed E-state index contributed by atoms with van der Waals surface area (Å²) in [6, 6.07) is 6.04. The first-order valence-electron chi connectivity index (χ1n) is 4.28. The van der Waals surface area contributed by atoms with Gasteiger partial charge in [-0.25, -0.2) is 0 Å². The number of hydrogen-bond acceptors (Lipinski definition) is 2. The lowest BCUT2D eigenvalue weighted by Gasteiger charge is -2.07. The molecule has 78 valence electrons. The van der Waals surface area contributed by atoms with Gasteiger partial charge in [-0.3, -0.25) is 0 Å². The Balaban J connectivity index is 2.81. The molecule has 0 saturated carbocycles. The van der Waals surface area contributed by atoms with E-state index in [1.54, 1.807) is 0 Å². The summed E-state index contributed by atoms with van der Waals surface area (Å²) in [6.45, 7) is 0.385. The first-order valence-corrected chi connectivity index (χ1v) is 6.53. The second-order valence-electron chi connectivity index (χ2n) is 2.82. The Morgan fingerprint density at radius 3 is 2.07 bits per heavy atom. The highest BCUT2D eigenvalue weighted by Crippen LogP contribution is 2.20.